The molecular formula is C15H16N4OS. The first-order valence-electron chi connectivity index (χ1n) is 6.39. The Labute approximate surface area is 128 Å². The third kappa shape index (κ3) is 5.12. The van der Waals surface area contributed by atoms with Gasteiger partial charge in [0.05, 0.1) is 5.69 Å². The van der Waals surface area contributed by atoms with Gasteiger partial charge < -0.3 is 10.6 Å². The lowest BCUT2D eigenvalue weighted by Gasteiger charge is -2.11. The Bertz CT molecular complexity index is 613. The molecule has 0 saturated carbocycles. The number of nitrogens with one attached hydrogen (secondary N) is 4. The molecule has 21 heavy (non-hydrogen) atoms. The maximum absolute atomic E-state index is 10.8. The van der Waals surface area contributed by atoms with Gasteiger partial charge in [0.2, 0.25) is 5.91 Å². The van der Waals surface area contributed by atoms with E-state index >= 15 is 0 Å². The van der Waals surface area contributed by atoms with Crippen molar-refractivity contribution < 1.29 is 4.79 Å². The Morgan fingerprint density at radius 2 is 1.38 bits per heavy atom. The number of anilines is 3. The quantitative estimate of drug-likeness (QED) is 0.516. The average molecular weight is 300 g/mol. The Hall–Kier alpha value is -2.60. The van der Waals surface area contributed by atoms with Gasteiger partial charge in [-0.2, -0.15) is 0 Å². The Kier molecular flexibility index (Phi) is 5.11. The summed E-state index contributed by atoms with van der Waals surface area (Å²) in [5.41, 5.74) is 7.87. The van der Waals surface area contributed by atoms with Gasteiger partial charge >= 0.3 is 0 Å². The van der Waals surface area contributed by atoms with Crippen LogP contribution in [0.2, 0.25) is 0 Å². The summed E-state index contributed by atoms with van der Waals surface area (Å²) in [5, 5.41) is 6.70. The van der Waals surface area contributed by atoms with Gasteiger partial charge in [-0.3, -0.25) is 15.6 Å². The van der Waals surface area contributed by atoms with E-state index in [0.29, 0.717) is 5.11 Å². The van der Waals surface area contributed by atoms with Crippen LogP contribution in [0.4, 0.5) is 17.1 Å². The van der Waals surface area contributed by atoms with E-state index < -0.39 is 0 Å². The molecule has 0 fully saturated rings. The summed E-state index contributed by atoms with van der Waals surface area (Å²) < 4.78 is 0. The van der Waals surface area contributed by atoms with E-state index in [0.717, 1.165) is 17.1 Å². The number of carbonyl (C=O) groups is 1. The summed E-state index contributed by atoms with van der Waals surface area (Å²) in [5.74, 6) is -0.148. The van der Waals surface area contributed by atoms with Crippen LogP contribution in [0.5, 0.6) is 0 Å². The summed E-state index contributed by atoms with van der Waals surface area (Å²) in [4.78, 5) is 10.8. The average Bonchev–Trinajstić information content (AvgIpc) is 2.47. The number of amides is 1. The second-order valence-electron chi connectivity index (χ2n) is 4.33. The maximum atomic E-state index is 10.8. The minimum Gasteiger partial charge on any atom is -0.332 e. The molecule has 0 aliphatic rings. The number of thiocarbonyl (C=S) groups is 1. The molecule has 2 aromatic carbocycles. The fourth-order valence-corrected chi connectivity index (χ4v) is 1.85. The molecular weight excluding hydrogens is 284 g/mol. The van der Waals surface area contributed by atoms with Crippen LogP contribution in [0.3, 0.4) is 0 Å². The maximum Gasteiger partial charge on any atom is 0.235 e. The molecule has 0 aliphatic carbocycles. The van der Waals surface area contributed by atoms with Gasteiger partial charge in [-0.25, -0.2) is 0 Å². The molecule has 1 amide bonds. The molecule has 0 aromatic heterocycles. The van der Waals surface area contributed by atoms with Gasteiger partial charge in [-0.05, 0) is 48.6 Å². The standard InChI is InChI=1S/C15H16N4OS/c1-11(20)18-19-14-9-7-13(8-10-14)17-15(21)16-12-5-3-2-4-6-12/h2-10,19H,1H3,(H,18,20)(H2,16,17,21). The van der Waals surface area contributed by atoms with E-state index in [1.54, 1.807) is 0 Å². The van der Waals surface area contributed by atoms with Gasteiger partial charge in [0.15, 0.2) is 5.11 Å². The first-order valence-corrected chi connectivity index (χ1v) is 6.80. The third-order valence-corrected chi connectivity index (χ3v) is 2.76. The van der Waals surface area contributed by atoms with Crippen LogP contribution in [0.25, 0.3) is 0 Å². The third-order valence-electron chi connectivity index (χ3n) is 2.56. The van der Waals surface area contributed by atoms with E-state index in [-0.39, 0.29) is 5.91 Å². The highest BCUT2D eigenvalue weighted by atomic mass is 32.1. The molecule has 0 atom stereocenters. The number of hydrogen-bond acceptors (Lipinski definition) is 3. The van der Waals surface area contributed by atoms with Crippen molar-refractivity contribution in [3.63, 3.8) is 0 Å². The molecule has 0 unspecified atom stereocenters. The minimum atomic E-state index is -0.148. The van der Waals surface area contributed by atoms with Crippen LogP contribution in [-0.4, -0.2) is 11.0 Å². The monoisotopic (exact) mass is 300 g/mol. The van der Waals surface area contributed by atoms with E-state index in [2.05, 4.69) is 21.5 Å². The number of benzene rings is 2. The van der Waals surface area contributed by atoms with Gasteiger partial charge in [0.1, 0.15) is 0 Å². The van der Waals surface area contributed by atoms with Crippen LogP contribution >= 0.6 is 12.2 Å². The normalized spacial score (nSPS) is 9.57. The first kappa shape index (κ1) is 14.8. The molecule has 2 rings (SSSR count). The zero-order valence-electron chi connectivity index (χ0n) is 11.5. The van der Waals surface area contributed by atoms with E-state index in [1.165, 1.54) is 6.92 Å². The zero-order valence-corrected chi connectivity index (χ0v) is 12.3. The van der Waals surface area contributed by atoms with Crippen molar-refractivity contribution in [1.82, 2.24) is 5.43 Å². The number of para-hydroxylation sites is 1. The van der Waals surface area contributed by atoms with Crippen molar-refractivity contribution in [3.05, 3.63) is 54.6 Å². The van der Waals surface area contributed by atoms with Crippen molar-refractivity contribution in [2.45, 2.75) is 6.92 Å². The van der Waals surface area contributed by atoms with Gasteiger partial charge in [-0.1, -0.05) is 18.2 Å². The smallest absolute Gasteiger partial charge is 0.235 e. The number of carbonyl (C=O) groups excluding carboxylic acids is 1. The van der Waals surface area contributed by atoms with Crippen molar-refractivity contribution in [1.29, 1.82) is 0 Å². The van der Waals surface area contributed by atoms with Gasteiger partial charge in [0.25, 0.3) is 0 Å². The fourth-order valence-electron chi connectivity index (χ4n) is 1.61. The van der Waals surface area contributed by atoms with Crippen molar-refractivity contribution in [2.24, 2.45) is 0 Å². The van der Waals surface area contributed by atoms with Crippen LogP contribution in [-0.2, 0) is 4.79 Å². The molecule has 0 bridgehead atoms. The molecule has 0 saturated heterocycles. The number of hydrazine groups is 1. The van der Waals surface area contributed by atoms with Crippen molar-refractivity contribution >= 4 is 40.3 Å². The Morgan fingerprint density at radius 1 is 0.857 bits per heavy atom. The van der Waals surface area contributed by atoms with Crippen molar-refractivity contribution in [2.75, 3.05) is 16.1 Å². The lowest BCUT2D eigenvalue weighted by molar-refractivity contribution is -0.118. The topological polar surface area (TPSA) is 65.2 Å². The second kappa shape index (κ2) is 7.25. The summed E-state index contributed by atoms with van der Waals surface area (Å²) >= 11 is 5.24. The molecule has 2 aromatic rings. The Balaban J connectivity index is 1.88. The number of hydrogen-bond donors (Lipinski definition) is 4. The molecule has 108 valence electrons. The van der Waals surface area contributed by atoms with E-state index in [1.807, 2.05) is 54.6 Å². The Morgan fingerprint density at radius 3 is 1.95 bits per heavy atom. The molecule has 5 nitrogen and oxygen atoms in total. The predicted molar refractivity (Wildman–Crippen MR) is 90.2 cm³/mol. The van der Waals surface area contributed by atoms with Crippen LogP contribution in [0.1, 0.15) is 6.92 Å². The number of rotatable bonds is 4. The minimum absolute atomic E-state index is 0.148. The van der Waals surface area contributed by atoms with E-state index in [9.17, 15) is 4.79 Å². The zero-order chi connectivity index (χ0) is 15.1. The van der Waals surface area contributed by atoms with Gasteiger partial charge in [-0.15, -0.1) is 0 Å². The molecule has 0 heterocycles. The molecule has 0 aliphatic heterocycles. The van der Waals surface area contributed by atoms with Gasteiger partial charge in [0, 0.05) is 18.3 Å². The summed E-state index contributed by atoms with van der Waals surface area (Å²) in [6.07, 6.45) is 0. The highest BCUT2D eigenvalue weighted by molar-refractivity contribution is 7.80. The van der Waals surface area contributed by atoms with E-state index in [4.69, 9.17) is 12.2 Å². The molecule has 6 heteroatoms. The highest BCUT2D eigenvalue weighted by Crippen LogP contribution is 2.13. The molecule has 0 spiro atoms. The lowest BCUT2D eigenvalue weighted by atomic mass is 10.3. The summed E-state index contributed by atoms with van der Waals surface area (Å²) in [6, 6.07) is 17.1. The molecule has 4 N–H and O–H groups in total. The highest BCUT2D eigenvalue weighted by Gasteiger charge is 1.99. The second-order valence-corrected chi connectivity index (χ2v) is 4.74. The first-order chi connectivity index (χ1) is 10.1. The summed E-state index contributed by atoms with van der Waals surface area (Å²) in [6.45, 7) is 1.44. The fraction of sp³-hybridized carbons (Fsp3) is 0.0667. The van der Waals surface area contributed by atoms with Crippen LogP contribution in [0.15, 0.2) is 54.6 Å². The van der Waals surface area contributed by atoms with Crippen molar-refractivity contribution in [3.8, 4) is 0 Å². The summed E-state index contributed by atoms with van der Waals surface area (Å²) in [7, 11) is 0. The largest absolute Gasteiger partial charge is 0.332 e. The van der Waals surface area contributed by atoms with Crippen LogP contribution in [0, 0.1) is 0 Å². The molecule has 0 radical (unpaired) electrons. The predicted octanol–water partition coefficient (Wildman–Crippen LogP) is 2.96. The lowest BCUT2D eigenvalue weighted by Crippen LogP contribution is -2.26. The SMILES string of the molecule is CC(=O)NNc1ccc(NC(=S)Nc2ccccc2)cc1. The van der Waals surface area contributed by atoms with Crippen LogP contribution < -0.4 is 21.5 Å².